The first-order valence-corrected chi connectivity index (χ1v) is 12.1. The van der Waals surface area contributed by atoms with Crippen LogP contribution >= 0.6 is 11.3 Å². The van der Waals surface area contributed by atoms with Gasteiger partial charge in [-0.2, -0.15) is 0 Å². The van der Waals surface area contributed by atoms with Crippen LogP contribution in [0.4, 0.5) is 8.78 Å². The molecule has 1 saturated heterocycles. The fraction of sp³-hybridized carbons (Fsp3) is 0.222. The number of hydrogen-bond donors (Lipinski definition) is 1. The third-order valence-electron chi connectivity index (χ3n) is 5.80. The summed E-state index contributed by atoms with van der Waals surface area (Å²) in [7, 11) is 0. The van der Waals surface area contributed by atoms with Crippen LogP contribution < -0.4 is 9.47 Å². The number of nitrogens with zero attached hydrogens (tertiary/aromatic N) is 1. The van der Waals surface area contributed by atoms with Crippen molar-refractivity contribution in [2.24, 2.45) is 0 Å². The van der Waals surface area contributed by atoms with E-state index in [4.69, 9.17) is 9.47 Å². The summed E-state index contributed by atoms with van der Waals surface area (Å²) in [4.78, 5) is 15.7. The van der Waals surface area contributed by atoms with Gasteiger partial charge in [0.2, 0.25) is 5.78 Å². The van der Waals surface area contributed by atoms with Crippen LogP contribution in [0.15, 0.2) is 66.7 Å². The second kappa shape index (κ2) is 10.0. The Hall–Kier alpha value is -3.49. The Bertz CT molecular complexity index is 1350. The number of aromatic hydroxyl groups is 1. The smallest absolute Gasteiger partial charge is 0.206 e. The summed E-state index contributed by atoms with van der Waals surface area (Å²) in [5.41, 5.74) is 0.218. The van der Waals surface area contributed by atoms with E-state index in [1.807, 2.05) is 0 Å². The largest absolute Gasteiger partial charge is 0.508 e. The summed E-state index contributed by atoms with van der Waals surface area (Å²) in [6, 6.07) is 17.4. The maximum atomic E-state index is 13.7. The molecule has 1 aliphatic heterocycles. The lowest BCUT2D eigenvalue weighted by Gasteiger charge is -2.38. The van der Waals surface area contributed by atoms with Gasteiger partial charge in [0.05, 0.1) is 6.67 Å². The molecule has 2 heterocycles. The second-order valence-electron chi connectivity index (χ2n) is 8.40. The number of hydrogen-bond acceptors (Lipinski definition) is 6. The van der Waals surface area contributed by atoms with Gasteiger partial charge >= 0.3 is 0 Å². The van der Waals surface area contributed by atoms with Crippen LogP contribution in [0.5, 0.6) is 23.0 Å². The van der Waals surface area contributed by atoms with Crippen molar-refractivity contribution in [3.05, 3.63) is 83.0 Å². The Morgan fingerprint density at radius 2 is 1.83 bits per heavy atom. The number of ether oxygens (including phenoxy) is 2. The molecule has 4 aromatic rings. The molecule has 0 spiro atoms. The molecule has 1 fully saturated rings. The normalized spacial score (nSPS) is 14.1. The SMILES string of the molecule is O=C(c1cccc(F)c1)c1sc2cc(O)ccc2c1Oc1ccc(OC2CN(CCCF)C2)cc1. The number of benzene rings is 3. The monoisotopic (exact) mass is 495 g/mol. The first-order chi connectivity index (χ1) is 17.0. The predicted molar refractivity (Wildman–Crippen MR) is 131 cm³/mol. The molecular weight excluding hydrogens is 472 g/mol. The highest BCUT2D eigenvalue weighted by atomic mass is 32.1. The minimum absolute atomic E-state index is 0.0744. The first kappa shape index (κ1) is 23.3. The maximum Gasteiger partial charge on any atom is 0.206 e. The lowest BCUT2D eigenvalue weighted by molar-refractivity contribution is 0.0184. The van der Waals surface area contributed by atoms with Crippen LogP contribution in [0.3, 0.4) is 0 Å². The second-order valence-corrected chi connectivity index (χ2v) is 9.45. The molecule has 0 saturated carbocycles. The van der Waals surface area contributed by atoms with Crippen LogP contribution in [0.25, 0.3) is 10.1 Å². The molecule has 35 heavy (non-hydrogen) atoms. The number of ketones is 1. The summed E-state index contributed by atoms with van der Waals surface area (Å²) in [5, 5.41) is 10.6. The van der Waals surface area contributed by atoms with Crippen LogP contribution in [0.1, 0.15) is 21.7 Å². The van der Waals surface area contributed by atoms with Crippen LogP contribution in [0, 0.1) is 5.82 Å². The Morgan fingerprint density at radius 3 is 2.57 bits per heavy atom. The highest BCUT2D eigenvalue weighted by Gasteiger charge is 2.28. The summed E-state index contributed by atoms with van der Waals surface area (Å²) < 4.78 is 38.8. The van der Waals surface area contributed by atoms with Gasteiger partial charge in [-0.1, -0.05) is 12.1 Å². The van der Waals surface area contributed by atoms with Crippen molar-refractivity contribution in [1.29, 1.82) is 0 Å². The highest BCUT2D eigenvalue weighted by Crippen LogP contribution is 2.43. The fourth-order valence-corrected chi connectivity index (χ4v) is 5.16. The minimum atomic E-state index is -0.496. The number of carbonyl (C=O) groups excluding carboxylic acids is 1. The maximum absolute atomic E-state index is 13.7. The molecular formula is C27H23F2NO4S. The molecule has 0 bridgehead atoms. The van der Waals surface area contributed by atoms with E-state index >= 15 is 0 Å². The predicted octanol–water partition coefficient (Wildman–Crippen LogP) is 6.19. The molecule has 180 valence electrons. The van der Waals surface area contributed by atoms with Crippen molar-refractivity contribution < 1.29 is 28.2 Å². The van der Waals surface area contributed by atoms with Crippen molar-refractivity contribution >= 4 is 27.2 Å². The van der Waals surface area contributed by atoms with Gasteiger partial charge in [-0.3, -0.25) is 14.1 Å². The summed E-state index contributed by atoms with van der Waals surface area (Å²) in [6.45, 7) is 1.99. The quantitative estimate of drug-likeness (QED) is 0.281. The van der Waals surface area contributed by atoms with E-state index in [1.54, 1.807) is 42.5 Å². The van der Waals surface area contributed by atoms with E-state index in [9.17, 15) is 18.7 Å². The average Bonchev–Trinajstić information content (AvgIpc) is 3.18. The van der Waals surface area contributed by atoms with E-state index < -0.39 is 5.82 Å². The van der Waals surface area contributed by atoms with Gasteiger partial charge in [0.15, 0.2) is 5.75 Å². The molecule has 8 heteroatoms. The van der Waals surface area contributed by atoms with Crippen LogP contribution in [-0.2, 0) is 0 Å². The molecule has 0 atom stereocenters. The Kier molecular flexibility index (Phi) is 6.66. The van der Waals surface area contributed by atoms with E-state index in [0.29, 0.717) is 38.6 Å². The van der Waals surface area contributed by atoms with Gasteiger partial charge in [0.1, 0.15) is 34.0 Å². The molecule has 0 unspecified atom stereocenters. The molecule has 1 aromatic heterocycles. The Morgan fingerprint density at radius 1 is 1.06 bits per heavy atom. The molecule has 3 aromatic carbocycles. The minimum Gasteiger partial charge on any atom is -0.508 e. The first-order valence-electron chi connectivity index (χ1n) is 11.3. The van der Waals surface area contributed by atoms with Crippen molar-refractivity contribution in [1.82, 2.24) is 4.90 Å². The highest BCUT2D eigenvalue weighted by molar-refractivity contribution is 7.21. The number of halogens is 2. The number of carbonyl (C=O) groups is 1. The molecule has 1 N–H and O–H groups in total. The van der Waals surface area contributed by atoms with E-state index in [0.717, 1.165) is 19.6 Å². The number of rotatable bonds is 9. The average molecular weight is 496 g/mol. The van der Waals surface area contributed by atoms with Crippen molar-refractivity contribution in [3.8, 4) is 23.0 Å². The zero-order valence-electron chi connectivity index (χ0n) is 18.7. The molecule has 0 aliphatic carbocycles. The summed E-state index contributed by atoms with van der Waals surface area (Å²) in [5.74, 6) is 0.790. The third-order valence-corrected chi connectivity index (χ3v) is 6.93. The zero-order chi connectivity index (χ0) is 24.4. The number of phenolic OH excluding ortho intramolecular Hbond substituents is 1. The number of fused-ring (bicyclic) bond motifs is 1. The van der Waals surface area contributed by atoms with Gasteiger partial charge in [0, 0.05) is 35.3 Å². The Balaban J connectivity index is 1.36. The lowest BCUT2D eigenvalue weighted by Crippen LogP contribution is -2.53. The standard InChI is InChI=1S/C27H23F2NO4S/c28-11-2-12-30-15-22(16-30)33-20-6-8-21(9-7-20)34-26-23-10-5-19(31)14-24(23)35-27(26)25(32)17-3-1-4-18(29)13-17/h1,3-10,13-14,22,31H,2,11-12,15-16H2. The molecule has 5 rings (SSSR count). The number of thiophene rings is 1. The van der Waals surface area contributed by atoms with E-state index in [1.165, 1.54) is 35.6 Å². The molecule has 5 nitrogen and oxygen atoms in total. The summed E-state index contributed by atoms with van der Waals surface area (Å²) in [6.07, 6.45) is 0.615. The Labute approximate surface area is 205 Å². The lowest BCUT2D eigenvalue weighted by atomic mass is 10.1. The van der Waals surface area contributed by atoms with E-state index in [2.05, 4.69) is 4.90 Å². The zero-order valence-corrected chi connectivity index (χ0v) is 19.6. The number of phenols is 1. The van der Waals surface area contributed by atoms with Crippen LogP contribution in [-0.4, -0.2) is 48.2 Å². The molecule has 0 amide bonds. The van der Waals surface area contributed by atoms with Gasteiger partial charge in [-0.25, -0.2) is 4.39 Å². The van der Waals surface area contributed by atoms with Crippen LogP contribution in [0.2, 0.25) is 0 Å². The van der Waals surface area contributed by atoms with Gasteiger partial charge in [-0.05, 0) is 61.0 Å². The molecule has 1 aliphatic rings. The summed E-state index contributed by atoms with van der Waals surface area (Å²) >= 11 is 1.18. The third kappa shape index (κ3) is 5.13. The van der Waals surface area contributed by atoms with Gasteiger partial charge in [0.25, 0.3) is 0 Å². The van der Waals surface area contributed by atoms with Crippen molar-refractivity contribution in [2.75, 3.05) is 26.3 Å². The molecule has 0 radical (unpaired) electrons. The fourth-order valence-electron chi connectivity index (χ4n) is 4.03. The number of alkyl halides is 1. The van der Waals surface area contributed by atoms with Crippen molar-refractivity contribution in [3.63, 3.8) is 0 Å². The van der Waals surface area contributed by atoms with Gasteiger partial charge < -0.3 is 14.6 Å². The topological polar surface area (TPSA) is 59.0 Å². The number of likely N-dealkylation sites (tertiary alicyclic amines) is 1. The van der Waals surface area contributed by atoms with E-state index in [-0.39, 0.29) is 29.9 Å². The van der Waals surface area contributed by atoms with Crippen molar-refractivity contribution in [2.45, 2.75) is 12.5 Å². The van der Waals surface area contributed by atoms with Gasteiger partial charge in [-0.15, -0.1) is 11.3 Å².